The molecule has 0 fully saturated rings. The fourth-order valence-corrected chi connectivity index (χ4v) is 2.98. The molecule has 27 heavy (non-hydrogen) atoms. The normalized spacial score (nSPS) is 10.6. The summed E-state index contributed by atoms with van der Waals surface area (Å²) in [7, 11) is 0. The molecule has 0 unspecified atom stereocenters. The molecule has 0 N–H and O–H groups in total. The van der Waals surface area contributed by atoms with Gasteiger partial charge in [0.05, 0.1) is 12.1 Å². The van der Waals surface area contributed by atoms with Gasteiger partial charge >= 0.3 is 5.97 Å². The van der Waals surface area contributed by atoms with Gasteiger partial charge in [0.2, 0.25) is 0 Å². The molecule has 0 bridgehead atoms. The predicted molar refractivity (Wildman–Crippen MR) is 105 cm³/mol. The van der Waals surface area contributed by atoms with Gasteiger partial charge in [-0.25, -0.2) is 14.5 Å². The van der Waals surface area contributed by atoms with Crippen molar-refractivity contribution in [1.82, 2.24) is 14.8 Å². The molecule has 1 heterocycles. The number of ether oxygens (including phenoxy) is 1. The molecule has 0 aliphatic heterocycles. The van der Waals surface area contributed by atoms with E-state index in [-0.39, 0.29) is 12.6 Å². The average molecular weight is 364 g/mol. The van der Waals surface area contributed by atoms with Crippen LogP contribution in [0.3, 0.4) is 0 Å². The fourth-order valence-electron chi connectivity index (χ4n) is 2.98. The number of benzene rings is 2. The van der Waals surface area contributed by atoms with Crippen LogP contribution in [0, 0.1) is 0 Å². The van der Waals surface area contributed by atoms with Crippen LogP contribution in [-0.4, -0.2) is 33.8 Å². The van der Waals surface area contributed by atoms with Crippen molar-refractivity contribution in [3.05, 3.63) is 77.9 Å². The molecular weight excluding hydrogens is 340 g/mol. The summed E-state index contributed by atoms with van der Waals surface area (Å²) in [6.07, 6.45) is 3.16. The summed E-state index contributed by atoms with van der Waals surface area (Å²) in [4.78, 5) is 18.6. The van der Waals surface area contributed by atoms with Crippen LogP contribution >= 0.6 is 0 Å². The second-order valence-corrected chi connectivity index (χ2v) is 6.17. The lowest BCUT2D eigenvalue weighted by Crippen LogP contribution is -2.23. The third-order valence-electron chi connectivity index (χ3n) is 4.46. The molecule has 0 radical (unpaired) electrons. The second kappa shape index (κ2) is 8.98. The second-order valence-electron chi connectivity index (χ2n) is 6.17. The Morgan fingerprint density at radius 2 is 1.81 bits per heavy atom. The molecule has 0 amide bonds. The molecule has 0 aliphatic rings. The van der Waals surface area contributed by atoms with Gasteiger partial charge in [0.15, 0.2) is 0 Å². The van der Waals surface area contributed by atoms with Crippen LogP contribution in [-0.2, 0) is 17.9 Å². The van der Waals surface area contributed by atoms with E-state index in [9.17, 15) is 4.79 Å². The lowest BCUT2D eigenvalue weighted by Gasteiger charge is -2.24. The van der Waals surface area contributed by atoms with Gasteiger partial charge in [0.25, 0.3) is 0 Å². The van der Waals surface area contributed by atoms with Crippen LogP contribution in [0.4, 0.5) is 5.69 Å². The molecule has 2 aromatic carbocycles. The van der Waals surface area contributed by atoms with Crippen LogP contribution in [0.5, 0.6) is 0 Å². The first-order valence-corrected chi connectivity index (χ1v) is 9.12. The van der Waals surface area contributed by atoms with Gasteiger partial charge in [-0.05, 0) is 37.6 Å². The average Bonchev–Trinajstić information content (AvgIpc) is 3.21. The molecule has 0 saturated carbocycles. The maximum Gasteiger partial charge on any atom is 0.338 e. The van der Waals surface area contributed by atoms with Gasteiger partial charge in [-0.2, -0.15) is 5.10 Å². The van der Waals surface area contributed by atoms with E-state index >= 15 is 0 Å². The Hall–Kier alpha value is -3.15. The van der Waals surface area contributed by atoms with Crippen LogP contribution in [0.2, 0.25) is 0 Å². The molecule has 0 spiro atoms. The van der Waals surface area contributed by atoms with Gasteiger partial charge in [-0.3, -0.25) is 0 Å². The Morgan fingerprint density at radius 3 is 2.48 bits per heavy atom. The standard InChI is InChI=1S/C21H24N4O2/c1-3-24(4-2)20-8-6-5-7-19(20)14-27-21(26)18-11-9-17(10-12-18)13-25-16-22-15-23-25/h5-12,15-16H,3-4,13-14H2,1-2H3. The maximum atomic E-state index is 12.4. The first-order valence-electron chi connectivity index (χ1n) is 9.12. The summed E-state index contributed by atoms with van der Waals surface area (Å²) >= 11 is 0. The van der Waals surface area contributed by atoms with Gasteiger partial charge in [-0.1, -0.05) is 30.3 Å². The van der Waals surface area contributed by atoms with E-state index in [1.807, 2.05) is 30.3 Å². The van der Waals surface area contributed by atoms with Crippen molar-refractivity contribution in [2.75, 3.05) is 18.0 Å². The zero-order valence-corrected chi connectivity index (χ0v) is 15.7. The minimum atomic E-state index is -0.323. The zero-order valence-electron chi connectivity index (χ0n) is 15.7. The molecule has 6 nitrogen and oxygen atoms in total. The van der Waals surface area contributed by atoms with E-state index in [0.717, 1.165) is 29.9 Å². The van der Waals surface area contributed by atoms with E-state index in [4.69, 9.17) is 4.74 Å². The summed E-state index contributed by atoms with van der Waals surface area (Å²) in [5.74, 6) is -0.323. The first kappa shape index (κ1) is 18.6. The molecule has 1 aromatic heterocycles. The monoisotopic (exact) mass is 364 g/mol. The highest BCUT2D eigenvalue weighted by Gasteiger charge is 2.12. The van der Waals surface area contributed by atoms with Gasteiger partial charge < -0.3 is 9.64 Å². The van der Waals surface area contributed by atoms with Crippen molar-refractivity contribution < 1.29 is 9.53 Å². The SMILES string of the molecule is CCN(CC)c1ccccc1COC(=O)c1ccc(Cn2cncn2)cc1. The van der Waals surface area contributed by atoms with Crippen LogP contribution in [0.25, 0.3) is 0 Å². The van der Waals surface area contributed by atoms with Gasteiger partial charge in [0, 0.05) is 24.3 Å². The first-order chi connectivity index (χ1) is 13.2. The predicted octanol–water partition coefficient (Wildman–Crippen LogP) is 3.53. The largest absolute Gasteiger partial charge is 0.457 e. The maximum absolute atomic E-state index is 12.4. The summed E-state index contributed by atoms with van der Waals surface area (Å²) < 4.78 is 7.28. The van der Waals surface area contributed by atoms with E-state index in [0.29, 0.717) is 12.1 Å². The van der Waals surface area contributed by atoms with E-state index in [1.54, 1.807) is 23.1 Å². The lowest BCUT2D eigenvalue weighted by molar-refractivity contribution is 0.0473. The highest BCUT2D eigenvalue weighted by atomic mass is 16.5. The Bertz CT molecular complexity index is 856. The van der Waals surface area contributed by atoms with Crippen molar-refractivity contribution >= 4 is 11.7 Å². The Kier molecular flexibility index (Phi) is 6.20. The van der Waals surface area contributed by atoms with Crippen LogP contribution < -0.4 is 4.90 Å². The number of aromatic nitrogens is 3. The summed E-state index contributed by atoms with van der Waals surface area (Å²) in [6.45, 7) is 6.93. The highest BCUT2D eigenvalue weighted by molar-refractivity contribution is 5.89. The van der Waals surface area contributed by atoms with E-state index < -0.39 is 0 Å². The fraction of sp³-hybridized carbons (Fsp3) is 0.286. The van der Waals surface area contributed by atoms with Gasteiger partial charge in [-0.15, -0.1) is 0 Å². The Balaban J connectivity index is 1.63. The number of esters is 1. The number of carbonyl (C=O) groups excluding carboxylic acids is 1. The van der Waals surface area contributed by atoms with E-state index in [1.165, 1.54) is 6.33 Å². The quantitative estimate of drug-likeness (QED) is 0.572. The van der Waals surface area contributed by atoms with Gasteiger partial charge in [0.1, 0.15) is 19.3 Å². The number of para-hydroxylation sites is 1. The molecule has 3 rings (SSSR count). The molecular formula is C21H24N4O2. The minimum absolute atomic E-state index is 0.256. The lowest BCUT2D eigenvalue weighted by atomic mass is 10.1. The summed E-state index contributed by atoms with van der Waals surface area (Å²) in [5, 5.41) is 4.08. The third-order valence-corrected chi connectivity index (χ3v) is 4.46. The van der Waals surface area contributed by atoms with Crippen LogP contribution in [0.1, 0.15) is 35.3 Å². The Labute approximate surface area is 159 Å². The van der Waals surface area contributed by atoms with Crippen molar-refractivity contribution in [2.45, 2.75) is 27.0 Å². The Morgan fingerprint density at radius 1 is 1.07 bits per heavy atom. The highest BCUT2D eigenvalue weighted by Crippen LogP contribution is 2.21. The van der Waals surface area contributed by atoms with Crippen molar-refractivity contribution in [3.63, 3.8) is 0 Å². The molecule has 3 aromatic rings. The summed E-state index contributed by atoms with van der Waals surface area (Å²) in [5.41, 5.74) is 3.71. The topological polar surface area (TPSA) is 60.2 Å². The van der Waals surface area contributed by atoms with Crippen molar-refractivity contribution in [2.24, 2.45) is 0 Å². The third kappa shape index (κ3) is 4.73. The molecule has 0 saturated heterocycles. The number of carbonyl (C=O) groups is 1. The minimum Gasteiger partial charge on any atom is -0.457 e. The zero-order chi connectivity index (χ0) is 19.1. The molecule has 140 valence electrons. The number of nitrogens with zero attached hydrogens (tertiary/aromatic N) is 4. The van der Waals surface area contributed by atoms with Crippen molar-refractivity contribution in [3.8, 4) is 0 Å². The number of anilines is 1. The van der Waals surface area contributed by atoms with E-state index in [2.05, 4.69) is 34.9 Å². The van der Waals surface area contributed by atoms with Crippen LogP contribution in [0.15, 0.2) is 61.2 Å². The molecule has 0 aliphatic carbocycles. The number of hydrogen-bond donors (Lipinski definition) is 0. The van der Waals surface area contributed by atoms with Crippen molar-refractivity contribution in [1.29, 1.82) is 0 Å². The number of hydrogen-bond acceptors (Lipinski definition) is 5. The molecule has 0 atom stereocenters. The summed E-state index contributed by atoms with van der Waals surface area (Å²) in [6, 6.07) is 15.4. The number of rotatable bonds is 8. The smallest absolute Gasteiger partial charge is 0.338 e. The molecule has 6 heteroatoms.